The highest BCUT2D eigenvalue weighted by molar-refractivity contribution is 5.42. The van der Waals surface area contributed by atoms with Crippen LogP contribution < -0.4 is 10.6 Å². The summed E-state index contributed by atoms with van der Waals surface area (Å²) in [4.78, 5) is 11.0. The standard InChI is InChI=1S/C12H22N4/c1-9-6-14-10(2)11(15-9)16(5)8-12(3,4)7-13/h6H,7-8,13H2,1-5H3. The van der Waals surface area contributed by atoms with Crippen LogP contribution in [0.25, 0.3) is 0 Å². The van der Waals surface area contributed by atoms with Gasteiger partial charge in [0.05, 0.1) is 11.4 Å². The van der Waals surface area contributed by atoms with E-state index in [1.807, 2.05) is 20.9 Å². The number of rotatable bonds is 4. The molecule has 0 saturated heterocycles. The maximum atomic E-state index is 5.74. The molecule has 1 heterocycles. The van der Waals surface area contributed by atoms with Gasteiger partial charge in [-0.2, -0.15) is 0 Å². The Hall–Kier alpha value is -1.16. The highest BCUT2D eigenvalue weighted by Crippen LogP contribution is 2.20. The first-order valence-corrected chi connectivity index (χ1v) is 5.57. The van der Waals surface area contributed by atoms with Crippen LogP contribution in [0.3, 0.4) is 0 Å². The summed E-state index contributed by atoms with van der Waals surface area (Å²) < 4.78 is 0. The van der Waals surface area contributed by atoms with E-state index in [0.717, 1.165) is 23.8 Å². The zero-order valence-electron chi connectivity index (χ0n) is 10.9. The molecular weight excluding hydrogens is 200 g/mol. The average Bonchev–Trinajstić information content (AvgIpc) is 2.21. The predicted molar refractivity (Wildman–Crippen MR) is 67.6 cm³/mol. The molecule has 1 aromatic heterocycles. The van der Waals surface area contributed by atoms with E-state index in [1.165, 1.54) is 0 Å². The molecule has 0 aliphatic heterocycles. The number of aryl methyl sites for hydroxylation is 2. The maximum absolute atomic E-state index is 5.74. The van der Waals surface area contributed by atoms with Gasteiger partial charge in [0.15, 0.2) is 0 Å². The van der Waals surface area contributed by atoms with Crippen LogP contribution >= 0.6 is 0 Å². The third-order valence-electron chi connectivity index (χ3n) is 2.63. The quantitative estimate of drug-likeness (QED) is 0.839. The summed E-state index contributed by atoms with van der Waals surface area (Å²) in [7, 11) is 2.04. The zero-order valence-corrected chi connectivity index (χ0v) is 10.9. The Morgan fingerprint density at radius 3 is 2.56 bits per heavy atom. The summed E-state index contributed by atoms with van der Waals surface area (Å²) in [5.41, 5.74) is 7.73. The summed E-state index contributed by atoms with van der Waals surface area (Å²) in [6, 6.07) is 0. The highest BCUT2D eigenvalue weighted by Gasteiger charge is 2.20. The Balaban J connectivity index is 2.88. The number of nitrogens with two attached hydrogens (primary N) is 1. The van der Waals surface area contributed by atoms with E-state index < -0.39 is 0 Å². The minimum atomic E-state index is 0.0899. The molecule has 4 nitrogen and oxygen atoms in total. The van der Waals surface area contributed by atoms with Crippen molar-refractivity contribution in [2.75, 3.05) is 25.0 Å². The van der Waals surface area contributed by atoms with E-state index >= 15 is 0 Å². The molecule has 0 spiro atoms. The van der Waals surface area contributed by atoms with Gasteiger partial charge in [0.1, 0.15) is 5.82 Å². The second-order valence-electron chi connectivity index (χ2n) is 5.14. The minimum absolute atomic E-state index is 0.0899. The van der Waals surface area contributed by atoms with Crippen LogP contribution in [0.5, 0.6) is 0 Å². The minimum Gasteiger partial charge on any atom is -0.358 e. The van der Waals surface area contributed by atoms with Gasteiger partial charge in [0.25, 0.3) is 0 Å². The molecule has 0 atom stereocenters. The maximum Gasteiger partial charge on any atom is 0.150 e. The molecule has 4 heteroatoms. The first-order chi connectivity index (χ1) is 7.35. The van der Waals surface area contributed by atoms with E-state index in [-0.39, 0.29) is 5.41 Å². The van der Waals surface area contributed by atoms with Crippen molar-refractivity contribution in [2.45, 2.75) is 27.7 Å². The summed E-state index contributed by atoms with van der Waals surface area (Å²) in [6.07, 6.45) is 1.79. The van der Waals surface area contributed by atoms with Crippen LogP contribution in [0, 0.1) is 19.3 Å². The molecule has 0 saturated carbocycles. The SMILES string of the molecule is Cc1cnc(C)c(N(C)CC(C)(C)CN)n1. The van der Waals surface area contributed by atoms with Crippen LogP contribution in [0.1, 0.15) is 25.2 Å². The Labute approximate surface area is 97.9 Å². The third kappa shape index (κ3) is 3.17. The van der Waals surface area contributed by atoms with E-state index in [0.29, 0.717) is 6.54 Å². The van der Waals surface area contributed by atoms with Crippen molar-refractivity contribution >= 4 is 5.82 Å². The Morgan fingerprint density at radius 2 is 2.00 bits per heavy atom. The topological polar surface area (TPSA) is 55.0 Å². The van der Waals surface area contributed by atoms with Crippen molar-refractivity contribution in [3.8, 4) is 0 Å². The fourth-order valence-electron chi connectivity index (χ4n) is 1.67. The third-order valence-corrected chi connectivity index (χ3v) is 2.63. The molecule has 0 aliphatic carbocycles. The van der Waals surface area contributed by atoms with Crippen LogP contribution in [-0.4, -0.2) is 30.1 Å². The summed E-state index contributed by atoms with van der Waals surface area (Å²) in [5.74, 6) is 0.946. The van der Waals surface area contributed by atoms with E-state index in [9.17, 15) is 0 Å². The van der Waals surface area contributed by atoms with E-state index in [4.69, 9.17) is 5.73 Å². The number of hydrogen-bond donors (Lipinski definition) is 1. The first kappa shape index (κ1) is 12.9. The molecule has 90 valence electrons. The number of hydrogen-bond acceptors (Lipinski definition) is 4. The molecule has 0 aliphatic rings. The second-order valence-corrected chi connectivity index (χ2v) is 5.14. The molecule has 0 amide bonds. The van der Waals surface area contributed by atoms with Crippen LogP contribution in [0.15, 0.2) is 6.20 Å². The van der Waals surface area contributed by atoms with Crippen molar-refractivity contribution < 1.29 is 0 Å². The lowest BCUT2D eigenvalue weighted by Gasteiger charge is -2.30. The van der Waals surface area contributed by atoms with Gasteiger partial charge in [0.2, 0.25) is 0 Å². The van der Waals surface area contributed by atoms with E-state index in [1.54, 1.807) is 6.20 Å². The fraction of sp³-hybridized carbons (Fsp3) is 0.667. The average molecular weight is 222 g/mol. The van der Waals surface area contributed by atoms with Gasteiger partial charge in [-0.1, -0.05) is 13.8 Å². The number of nitrogens with zero attached hydrogens (tertiary/aromatic N) is 3. The van der Waals surface area contributed by atoms with Gasteiger partial charge in [-0.25, -0.2) is 4.98 Å². The second kappa shape index (κ2) is 4.78. The van der Waals surface area contributed by atoms with Crippen molar-refractivity contribution in [1.29, 1.82) is 0 Å². The monoisotopic (exact) mass is 222 g/mol. The van der Waals surface area contributed by atoms with Crippen molar-refractivity contribution in [2.24, 2.45) is 11.1 Å². The van der Waals surface area contributed by atoms with Gasteiger partial charge >= 0.3 is 0 Å². The Kier molecular flexibility index (Phi) is 3.86. The lowest BCUT2D eigenvalue weighted by atomic mass is 9.93. The van der Waals surface area contributed by atoms with E-state index in [2.05, 4.69) is 28.7 Å². The highest BCUT2D eigenvalue weighted by atomic mass is 15.2. The van der Waals surface area contributed by atoms with Crippen LogP contribution in [-0.2, 0) is 0 Å². The van der Waals surface area contributed by atoms with Crippen molar-refractivity contribution in [3.05, 3.63) is 17.6 Å². The first-order valence-electron chi connectivity index (χ1n) is 5.57. The molecule has 16 heavy (non-hydrogen) atoms. The number of anilines is 1. The van der Waals surface area contributed by atoms with Crippen LogP contribution in [0.2, 0.25) is 0 Å². The number of aromatic nitrogens is 2. The molecule has 0 unspecified atom stereocenters. The van der Waals surface area contributed by atoms with Gasteiger partial charge in [0, 0.05) is 19.8 Å². The van der Waals surface area contributed by atoms with Gasteiger partial charge in [-0.15, -0.1) is 0 Å². The van der Waals surface area contributed by atoms with Crippen molar-refractivity contribution in [3.63, 3.8) is 0 Å². The molecule has 2 N–H and O–H groups in total. The molecule has 1 rings (SSSR count). The molecule has 0 aromatic carbocycles. The van der Waals surface area contributed by atoms with Gasteiger partial charge in [-0.3, -0.25) is 4.98 Å². The largest absolute Gasteiger partial charge is 0.358 e. The normalized spacial score (nSPS) is 11.6. The predicted octanol–water partition coefficient (Wildman–Crippen LogP) is 1.51. The smallest absolute Gasteiger partial charge is 0.150 e. The lowest BCUT2D eigenvalue weighted by molar-refractivity contribution is 0.384. The molecule has 0 bridgehead atoms. The van der Waals surface area contributed by atoms with Crippen molar-refractivity contribution in [1.82, 2.24) is 9.97 Å². The Bertz CT molecular complexity index is 360. The molecule has 0 fully saturated rings. The Morgan fingerprint density at radius 1 is 1.38 bits per heavy atom. The summed E-state index contributed by atoms with van der Waals surface area (Å²) in [5, 5.41) is 0. The summed E-state index contributed by atoms with van der Waals surface area (Å²) in [6.45, 7) is 9.79. The molecule has 0 radical (unpaired) electrons. The molecular formula is C12H22N4. The lowest BCUT2D eigenvalue weighted by Crippen LogP contribution is -2.37. The fourth-order valence-corrected chi connectivity index (χ4v) is 1.67. The molecule has 1 aromatic rings. The summed E-state index contributed by atoms with van der Waals surface area (Å²) >= 11 is 0. The van der Waals surface area contributed by atoms with Gasteiger partial charge in [-0.05, 0) is 25.8 Å². The zero-order chi connectivity index (χ0) is 12.3. The van der Waals surface area contributed by atoms with Gasteiger partial charge < -0.3 is 10.6 Å². The van der Waals surface area contributed by atoms with Crippen LogP contribution in [0.4, 0.5) is 5.82 Å².